The summed E-state index contributed by atoms with van der Waals surface area (Å²) in [7, 11) is 0. The van der Waals surface area contributed by atoms with Crippen LogP contribution in [0.15, 0.2) is 36.4 Å². The van der Waals surface area contributed by atoms with Gasteiger partial charge in [0.1, 0.15) is 0 Å². The number of carbonyl (C=O) groups is 2. The van der Waals surface area contributed by atoms with Crippen LogP contribution in [-0.2, 0) is 22.4 Å². The van der Waals surface area contributed by atoms with Crippen LogP contribution in [0.5, 0.6) is 0 Å². The zero-order valence-electron chi connectivity index (χ0n) is 27.1. The molecule has 4 rings (SSSR count). The molecule has 0 aromatic heterocycles. The minimum atomic E-state index is -0.783. The molecule has 260 valence electrons. The molecule has 7 N–H and O–H groups in total. The van der Waals surface area contributed by atoms with Crippen molar-refractivity contribution >= 4 is 58.2 Å². The second-order valence-electron chi connectivity index (χ2n) is 13.2. The lowest BCUT2D eigenvalue weighted by Crippen LogP contribution is -2.65. The van der Waals surface area contributed by atoms with Crippen molar-refractivity contribution in [1.29, 1.82) is 0 Å². The Kier molecular flexibility index (Phi) is 15.4. The molecule has 2 fully saturated rings. The molecule has 0 spiro atoms. The summed E-state index contributed by atoms with van der Waals surface area (Å²) >= 11 is 25.1. The highest BCUT2D eigenvalue weighted by Gasteiger charge is 2.41. The van der Waals surface area contributed by atoms with Crippen LogP contribution in [-0.4, -0.2) is 78.5 Å². The van der Waals surface area contributed by atoms with Gasteiger partial charge in [-0.15, -0.1) is 0 Å². The van der Waals surface area contributed by atoms with E-state index in [1.54, 1.807) is 24.3 Å². The minimum Gasteiger partial charge on any atom is -0.335 e. The van der Waals surface area contributed by atoms with Gasteiger partial charge in [-0.2, -0.15) is 0 Å². The first-order valence-corrected chi connectivity index (χ1v) is 18.5. The van der Waals surface area contributed by atoms with E-state index in [1.165, 1.54) is 19.3 Å². The normalized spacial score (nSPS) is 20.3. The van der Waals surface area contributed by atoms with Gasteiger partial charge in [0.15, 0.2) is 0 Å². The Balaban J connectivity index is 1.56. The number of nitrogens with two attached hydrogens (primary N) is 3. The van der Waals surface area contributed by atoms with Crippen LogP contribution >= 0.6 is 46.4 Å². The Morgan fingerprint density at radius 2 is 1.30 bits per heavy atom. The van der Waals surface area contributed by atoms with E-state index in [0.717, 1.165) is 62.7 Å². The quantitative estimate of drug-likeness (QED) is 0.171. The van der Waals surface area contributed by atoms with Gasteiger partial charge in [-0.05, 0) is 80.0 Å². The van der Waals surface area contributed by atoms with Crippen molar-refractivity contribution in [3.63, 3.8) is 0 Å². The van der Waals surface area contributed by atoms with E-state index in [4.69, 9.17) is 63.6 Å². The van der Waals surface area contributed by atoms with Crippen LogP contribution in [0.25, 0.3) is 0 Å². The topological polar surface area (TPSA) is 131 Å². The molecule has 1 saturated heterocycles. The predicted molar refractivity (Wildman–Crippen MR) is 194 cm³/mol. The van der Waals surface area contributed by atoms with Crippen molar-refractivity contribution in [1.82, 2.24) is 15.1 Å². The van der Waals surface area contributed by atoms with E-state index in [9.17, 15) is 9.59 Å². The third-order valence-corrected chi connectivity index (χ3v) is 10.8. The molecule has 8 nitrogen and oxygen atoms in total. The summed E-state index contributed by atoms with van der Waals surface area (Å²) in [5.41, 5.74) is 20.4. The van der Waals surface area contributed by atoms with Gasteiger partial charge in [-0.3, -0.25) is 9.59 Å². The monoisotopic (exact) mass is 726 g/mol. The van der Waals surface area contributed by atoms with Crippen molar-refractivity contribution in [3.8, 4) is 0 Å². The van der Waals surface area contributed by atoms with Crippen LogP contribution in [0.3, 0.4) is 0 Å². The molecule has 1 aliphatic heterocycles. The third kappa shape index (κ3) is 11.2. The first-order chi connectivity index (χ1) is 22.6. The van der Waals surface area contributed by atoms with Gasteiger partial charge in [0.25, 0.3) is 0 Å². The highest BCUT2D eigenvalue weighted by Crippen LogP contribution is 2.33. The number of nitrogens with zero attached hydrogens (tertiary/aromatic N) is 2. The summed E-state index contributed by atoms with van der Waals surface area (Å²) in [6, 6.07) is 8.59. The Morgan fingerprint density at radius 1 is 0.766 bits per heavy atom. The fourth-order valence-electron chi connectivity index (χ4n) is 7.05. The predicted octanol–water partition coefficient (Wildman–Crippen LogP) is 5.84. The summed E-state index contributed by atoms with van der Waals surface area (Å²) in [6.07, 6.45) is 9.86. The van der Waals surface area contributed by atoms with Crippen molar-refractivity contribution in [2.24, 2.45) is 23.1 Å². The summed E-state index contributed by atoms with van der Waals surface area (Å²) in [5.74, 6) is 0.255. The van der Waals surface area contributed by atoms with E-state index in [0.29, 0.717) is 58.5 Å². The number of halogens is 4. The van der Waals surface area contributed by atoms with Crippen LogP contribution in [0.1, 0.15) is 68.9 Å². The second kappa shape index (κ2) is 19.0. The number of nitrogens with one attached hydrogen (secondary N) is 1. The molecule has 1 heterocycles. The Labute approximate surface area is 299 Å². The first-order valence-electron chi connectivity index (χ1n) is 17.0. The van der Waals surface area contributed by atoms with E-state index in [2.05, 4.69) is 5.32 Å². The molecule has 1 aliphatic carbocycles. The lowest BCUT2D eigenvalue weighted by atomic mass is 9.83. The number of hydrogen-bond donors (Lipinski definition) is 4. The smallest absolute Gasteiger partial charge is 0.240 e. The molecular weight excluding hydrogens is 678 g/mol. The molecule has 12 heteroatoms. The Hall–Kier alpha value is -1.62. The molecule has 2 unspecified atom stereocenters. The van der Waals surface area contributed by atoms with Gasteiger partial charge in [0.2, 0.25) is 11.8 Å². The first kappa shape index (κ1) is 38.2. The average molecular weight is 729 g/mol. The highest BCUT2D eigenvalue weighted by atomic mass is 35.5. The molecule has 2 aliphatic rings. The van der Waals surface area contributed by atoms with Crippen LogP contribution in [0.4, 0.5) is 0 Å². The maximum Gasteiger partial charge on any atom is 0.240 e. The van der Waals surface area contributed by atoms with Crippen LogP contribution < -0.4 is 22.5 Å². The van der Waals surface area contributed by atoms with Crippen molar-refractivity contribution in [2.45, 2.75) is 94.8 Å². The number of unbranched alkanes of at least 4 members (excludes halogenated alkanes) is 1. The number of piperazine rings is 1. The van der Waals surface area contributed by atoms with Gasteiger partial charge >= 0.3 is 0 Å². The van der Waals surface area contributed by atoms with Crippen molar-refractivity contribution in [2.75, 3.05) is 32.7 Å². The van der Waals surface area contributed by atoms with Gasteiger partial charge in [0, 0.05) is 58.4 Å². The fraction of sp³-hybridized carbons (Fsp3) is 0.600. The maximum atomic E-state index is 14.2. The van der Waals surface area contributed by atoms with Crippen molar-refractivity contribution in [3.05, 3.63) is 67.6 Å². The average Bonchev–Trinajstić information content (AvgIpc) is 3.05. The fourth-order valence-corrected chi connectivity index (χ4v) is 8.02. The molecule has 2 aromatic carbocycles. The summed E-state index contributed by atoms with van der Waals surface area (Å²) in [6.45, 7) is 3.02. The molecule has 0 radical (unpaired) electrons. The minimum absolute atomic E-state index is 0.115. The number of benzene rings is 2. The largest absolute Gasteiger partial charge is 0.335 e. The summed E-state index contributed by atoms with van der Waals surface area (Å²) < 4.78 is 0. The Morgan fingerprint density at radius 3 is 1.83 bits per heavy atom. The van der Waals surface area contributed by atoms with Gasteiger partial charge < -0.3 is 32.3 Å². The lowest BCUT2D eigenvalue weighted by Gasteiger charge is -2.49. The van der Waals surface area contributed by atoms with E-state index in [-0.39, 0.29) is 23.9 Å². The SMILES string of the molecule is NCCNCCCC[C@H]1CN(C(=O)C(N)Cc2ccc(Cl)cc2Cl)[C@H](CC2CCCCC2)CN1C(=O)C(N)Cc1ccc(Cl)cc1Cl. The zero-order valence-corrected chi connectivity index (χ0v) is 30.1. The van der Waals surface area contributed by atoms with E-state index >= 15 is 0 Å². The van der Waals surface area contributed by atoms with Crippen molar-refractivity contribution < 1.29 is 9.59 Å². The number of amides is 2. The number of hydrogen-bond acceptors (Lipinski definition) is 6. The van der Waals surface area contributed by atoms with E-state index < -0.39 is 12.1 Å². The van der Waals surface area contributed by atoms with Crippen LogP contribution in [0.2, 0.25) is 20.1 Å². The standard InChI is InChI=1S/C35H50Cl4N6O2/c36-26-11-9-24(30(38)19-26)17-32(41)34(46)44-22-29(16-23-6-2-1-3-7-23)45(21-28(44)8-4-5-14-43-15-13-40)35(47)33(42)18-25-10-12-27(37)20-31(25)39/h9-12,19-20,23,28-29,32-33,43H,1-8,13-18,21-22,40-42H2/t28-,29+,32?,33?/m0/s1. The van der Waals surface area contributed by atoms with Gasteiger partial charge in [-0.1, -0.05) is 97.1 Å². The lowest BCUT2D eigenvalue weighted by molar-refractivity contribution is -0.149. The summed E-state index contributed by atoms with van der Waals surface area (Å²) in [4.78, 5) is 32.3. The molecule has 0 bridgehead atoms. The zero-order chi connectivity index (χ0) is 33.9. The Bertz CT molecular complexity index is 1330. The van der Waals surface area contributed by atoms with E-state index in [1.807, 2.05) is 21.9 Å². The molecule has 1 saturated carbocycles. The van der Waals surface area contributed by atoms with Gasteiger partial charge in [-0.25, -0.2) is 0 Å². The maximum absolute atomic E-state index is 14.2. The molecular formula is C35H50Cl4N6O2. The summed E-state index contributed by atoms with van der Waals surface area (Å²) in [5, 5.41) is 5.38. The second-order valence-corrected chi connectivity index (χ2v) is 14.8. The third-order valence-electron chi connectivity index (χ3n) is 9.60. The van der Waals surface area contributed by atoms with Gasteiger partial charge in [0.05, 0.1) is 12.1 Å². The molecule has 47 heavy (non-hydrogen) atoms. The molecule has 4 atom stereocenters. The number of rotatable bonds is 15. The van der Waals surface area contributed by atoms with Crippen LogP contribution in [0, 0.1) is 5.92 Å². The molecule has 2 amide bonds. The molecule has 2 aromatic rings. The highest BCUT2D eigenvalue weighted by molar-refractivity contribution is 6.35. The number of carbonyl (C=O) groups excluding carboxylic acids is 2.